The average Bonchev–Trinajstić information content (AvgIpc) is 3.14. The third-order valence-corrected chi connectivity index (χ3v) is 4.14. The highest BCUT2D eigenvalue weighted by atomic mass is 16.7. The van der Waals surface area contributed by atoms with Gasteiger partial charge >= 0.3 is 0 Å². The molecule has 0 radical (unpaired) electrons. The summed E-state index contributed by atoms with van der Waals surface area (Å²) in [7, 11) is 0. The molecule has 0 saturated heterocycles. The van der Waals surface area contributed by atoms with Crippen molar-refractivity contribution in [2.45, 2.75) is 32.8 Å². The molecular weight excluding hydrogens is 312 g/mol. The van der Waals surface area contributed by atoms with Crippen LogP contribution in [0.1, 0.15) is 29.5 Å². The summed E-state index contributed by atoms with van der Waals surface area (Å²) in [5.41, 5.74) is 0.889. The minimum atomic E-state index is -1.23. The number of nitrogens with zero attached hydrogens (tertiary/aromatic N) is 1. The molecule has 1 atom stereocenters. The van der Waals surface area contributed by atoms with Crippen LogP contribution in [-0.2, 0) is 16.8 Å². The maximum Gasteiger partial charge on any atom is 0.231 e. The number of rotatable bonds is 5. The Balaban J connectivity index is 1.63. The Hall–Kier alpha value is -2.54. The molecular formula is C17H20N2O5. The van der Waals surface area contributed by atoms with Crippen LogP contribution in [-0.4, -0.2) is 29.5 Å². The van der Waals surface area contributed by atoms with Gasteiger partial charge in [0.25, 0.3) is 0 Å². The van der Waals surface area contributed by atoms with Crippen LogP contribution in [0.5, 0.6) is 11.5 Å². The van der Waals surface area contributed by atoms with E-state index in [1.54, 1.807) is 39.0 Å². The van der Waals surface area contributed by atoms with Crippen LogP contribution in [0.4, 0.5) is 0 Å². The molecule has 0 bridgehead atoms. The molecule has 1 amide bonds. The number of nitrogens with one attached hydrogen (secondary N) is 1. The van der Waals surface area contributed by atoms with Gasteiger partial charge in [0.05, 0.1) is 18.7 Å². The molecule has 0 aliphatic carbocycles. The van der Waals surface area contributed by atoms with E-state index in [9.17, 15) is 9.90 Å². The number of carbonyl (C=O) groups excluding carboxylic acids is 1. The third kappa shape index (κ3) is 3.21. The van der Waals surface area contributed by atoms with Crippen LogP contribution >= 0.6 is 0 Å². The summed E-state index contributed by atoms with van der Waals surface area (Å²) >= 11 is 0. The first-order valence-corrected chi connectivity index (χ1v) is 7.68. The van der Waals surface area contributed by atoms with Crippen LogP contribution in [0.25, 0.3) is 0 Å². The summed E-state index contributed by atoms with van der Waals surface area (Å²) in [6.07, 6.45) is 0.165. The van der Waals surface area contributed by atoms with Gasteiger partial charge in [-0.05, 0) is 38.5 Å². The second-order valence-corrected chi connectivity index (χ2v) is 6.10. The first-order chi connectivity index (χ1) is 11.4. The molecule has 128 valence electrons. The largest absolute Gasteiger partial charge is 0.454 e. The van der Waals surface area contributed by atoms with Crippen LogP contribution in [0.15, 0.2) is 22.7 Å². The van der Waals surface area contributed by atoms with E-state index < -0.39 is 5.60 Å². The van der Waals surface area contributed by atoms with E-state index in [4.69, 9.17) is 14.0 Å². The Morgan fingerprint density at radius 3 is 2.79 bits per heavy atom. The van der Waals surface area contributed by atoms with Gasteiger partial charge in [-0.1, -0.05) is 11.2 Å². The first-order valence-electron chi connectivity index (χ1n) is 7.68. The number of aliphatic hydroxyl groups is 1. The molecule has 0 saturated carbocycles. The second-order valence-electron chi connectivity index (χ2n) is 6.10. The van der Waals surface area contributed by atoms with E-state index >= 15 is 0 Å². The topological polar surface area (TPSA) is 93.8 Å². The zero-order valence-corrected chi connectivity index (χ0v) is 13.9. The molecule has 1 aromatic heterocycles. The van der Waals surface area contributed by atoms with Gasteiger partial charge in [0.1, 0.15) is 11.4 Å². The summed E-state index contributed by atoms with van der Waals surface area (Å²) in [5, 5.41) is 17.2. The molecule has 1 aliphatic heterocycles. The molecule has 1 unspecified atom stereocenters. The van der Waals surface area contributed by atoms with Crippen molar-refractivity contribution < 1.29 is 23.9 Å². The molecule has 1 aliphatic rings. The SMILES string of the molecule is Cc1noc(C)c1CC(=O)NCC(C)(O)c1ccc2c(c1)OCO2. The Morgan fingerprint density at radius 1 is 1.33 bits per heavy atom. The van der Waals surface area contributed by atoms with Gasteiger partial charge < -0.3 is 24.4 Å². The van der Waals surface area contributed by atoms with Gasteiger partial charge in [0.2, 0.25) is 12.7 Å². The van der Waals surface area contributed by atoms with Crippen molar-refractivity contribution >= 4 is 5.91 Å². The average molecular weight is 332 g/mol. The van der Waals surface area contributed by atoms with E-state index in [0.29, 0.717) is 28.5 Å². The van der Waals surface area contributed by atoms with Crippen molar-refractivity contribution in [3.05, 3.63) is 40.8 Å². The Morgan fingerprint density at radius 2 is 2.08 bits per heavy atom. The lowest BCUT2D eigenvalue weighted by Gasteiger charge is -2.24. The minimum absolute atomic E-state index is 0.0782. The predicted octanol–water partition coefficient (Wildman–Crippen LogP) is 1.59. The van der Waals surface area contributed by atoms with Crippen molar-refractivity contribution in [2.75, 3.05) is 13.3 Å². The Labute approximate surface area is 139 Å². The molecule has 2 heterocycles. The maximum absolute atomic E-state index is 12.1. The molecule has 2 aromatic rings. The van der Waals surface area contributed by atoms with Gasteiger partial charge in [-0.3, -0.25) is 4.79 Å². The van der Waals surface area contributed by atoms with Gasteiger partial charge in [0.15, 0.2) is 11.5 Å². The molecule has 0 fully saturated rings. The van der Waals surface area contributed by atoms with Gasteiger partial charge in [-0.15, -0.1) is 0 Å². The normalized spacial score (nSPS) is 15.2. The van der Waals surface area contributed by atoms with Crippen molar-refractivity contribution in [3.63, 3.8) is 0 Å². The van der Waals surface area contributed by atoms with Crippen molar-refractivity contribution in [3.8, 4) is 11.5 Å². The number of carbonyl (C=O) groups is 1. The molecule has 1 aromatic carbocycles. The summed E-state index contributed by atoms with van der Waals surface area (Å²) in [5.74, 6) is 1.67. The van der Waals surface area contributed by atoms with Gasteiger partial charge in [0, 0.05) is 5.56 Å². The fraction of sp³-hybridized carbons (Fsp3) is 0.412. The fourth-order valence-corrected chi connectivity index (χ4v) is 2.58. The van der Waals surface area contributed by atoms with E-state index in [1.165, 1.54) is 0 Å². The number of hydrogen-bond donors (Lipinski definition) is 2. The summed E-state index contributed by atoms with van der Waals surface area (Å²) in [6.45, 7) is 5.46. The number of amides is 1. The molecule has 0 spiro atoms. The van der Waals surface area contributed by atoms with E-state index in [2.05, 4.69) is 10.5 Å². The Bertz CT molecular complexity index is 747. The molecule has 7 nitrogen and oxygen atoms in total. The fourth-order valence-electron chi connectivity index (χ4n) is 2.58. The van der Waals surface area contributed by atoms with Crippen molar-refractivity contribution in [1.29, 1.82) is 0 Å². The van der Waals surface area contributed by atoms with Crippen LogP contribution in [0, 0.1) is 13.8 Å². The van der Waals surface area contributed by atoms with Crippen LogP contribution in [0.3, 0.4) is 0 Å². The number of ether oxygens (including phenoxy) is 2. The number of aromatic nitrogens is 1. The number of aryl methyl sites for hydroxylation is 2. The third-order valence-electron chi connectivity index (χ3n) is 4.14. The zero-order valence-electron chi connectivity index (χ0n) is 13.9. The van der Waals surface area contributed by atoms with Crippen LogP contribution in [0.2, 0.25) is 0 Å². The summed E-state index contributed by atoms with van der Waals surface area (Å²) in [6, 6.07) is 5.23. The molecule has 2 N–H and O–H groups in total. The number of fused-ring (bicyclic) bond motifs is 1. The van der Waals surface area contributed by atoms with Gasteiger partial charge in [-0.25, -0.2) is 0 Å². The highest BCUT2D eigenvalue weighted by molar-refractivity contribution is 5.79. The monoisotopic (exact) mass is 332 g/mol. The lowest BCUT2D eigenvalue weighted by Crippen LogP contribution is -2.39. The Kier molecular flexibility index (Phi) is 4.19. The first kappa shape index (κ1) is 16.3. The smallest absolute Gasteiger partial charge is 0.231 e. The summed E-state index contributed by atoms with van der Waals surface area (Å²) in [4.78, 5) is 12.1. The minimum Gasteiger partial charge on any atom is -0.454 e. The summed E-state index contributed by atoms with van der Waals surface area (Å²) < 4.78 is 15.6. The van der Waals surface area contributed by atoms with E-state index in [-0.39, 0.29) is 25.7 Å². The zero-order chi connectivity index (χ0) is 17.3. The lowest BCUT2D eigenvalue weighted by atomic mass is 9.95. The number of benzene rings is 1. The van der Waals surface area contributed by atoms with E-state index in [1.807, 2.05) is 0 Å². The maximum atomic E-state index is 12.1. The highest BCUT2D eigenvalue weighted by Gasteiger charge is 2.27. The van der Waals surface area contributed by atoms with Crippen molar-refractivity contribution in [2.24, 2.45) is 0 Å². The number of hydrogen-bond acceptors (Lipinski definition) is 6. The predicted molar refractivity (Wildman–Crippen MR) is 84.8 cm³/mol. The molecule has 7 heteroatoms. The highest BCUT2D eigenvalue weighted by Crippen LogP contribution is 2.35. The van der Waals surface area contributed by atoms with Crippen molar-refractivity contribution in [1.82, 2.24) is 10.5 Å². The van der Waals surface area contributed by atoms with Gasteiger partial charge in [-0.2, -0.15) is 0 Å². The molecule has 24 heavy (non-hydrogen) atoms. The standard InChI is InChI=1S/C17H20N2O5/c1-10-13(11(2)24-19-10)7-16(20)18-8-17(3,21)12-4-5-14-15(6-12)23-9-22-14/h4-6,21H,7-9H2,1-3H3,(H,18,20). The lowest BCUT2D eigenvalue weighted by molar-refractivity contribution is -0.121. The quantitative estimate of drug-likeness (QED) is 0.863. The van der Waals surface area contributed by atoms with Crippen LogP contribution < -0.4 is 14.8 Å². The second kappa shape index (κ2) is 6.16. The van der Waals surface area contributed by atoms with E-state index in [0.717, 1.165) is 5.56 Å². The molecule has 3 rings (SSSR count).